The minimum absolute atomic E-state index is 0.0635. The predicted molar refractivity (Wildman–Crippen MR) is 117 cm³/mol. The van der Waals surface area contributed by atoms with Crippen molar-refractivity contribution in [3.8, 4) is 5.82 Å². The molecule has 0 fully saturated rings. The smallest absolute Gasteiger partial charge is 0.259 e. The summed E-state index contributed by atoms with van der Waals surface area (Å²) in [6.45, 7) is 5.44. The van der Waals surface area contributed by atoms with E-state index in [4.69, 9.17) is 4.42 Å². The van der Waals surface area contributed by atoms with Crippen LogP contribution in [0.25, 0.3) is 5.82 Å². The van der Waals surface area contributed by atoms with Crippen LogP contribution in [0.1, 0.15) is 37.9 Å². The van der Waals surface area contributed by atoms with Crippen LogP contribution in [0.5, 0.6) is 0 Å². The Morgan fingerprint density at radius 3 is 2.44 bits per heavy atom. The van der Waals surface area contributed by atoms with Crippen molar-refractivity contribution >= 4 is 23.2 Å². The second-order valence-electron chi connectivity index (χ2n) is 7.24. The van der Waals surface area contributed by atoms with Crippen molar-refractivity contribution in [2.45, 2.75) is 20.8 Å². The first-order valence-electron chi connectivity index (χ1n) is 9.78. The number of hydrogen-bond donors (Lipinski definition) is 2. The van der Waals surface area contributed by atoms with Gasteiger partial charge in [0.05, 0.1) is 28.8 Å². The number of carbonyl (C=O) groups is 2. The fourth-order valence-electron chi connectivity index (χ4n) is 3.22. The molecular formula is C23H20FN5O3. The lowest BCUT2D eigenvalue weighted by Gasteiger charge is -2.10. The maximum absolute atomic E-state index is 14.2. The highest BCUT2D eigenvalue weighted by molar-refractivity contribution is 6.06. The number of halogens is 1. The molecule has 0 unspecified atom stereocenters. The minimum atomic E-state index is -0.631. The van der Waals surface area contributed by atoms with Crippen LogP contribution in [-0.2, 0) is 0 Å². The van der Waals surface area contributed by atoms with Crippen molar-refractivity contribution in [3.63, 3.8) is 0 Å². The Morgan fingerprint density at radius 2 is 1.81 bits per heavy atom. The largest absolute Gasteiger partial charge is 0.469 e. The van der Waals surface area contributed by atoms with Gasteiger partial charge in [-0.05, 0) is 63.2 Å². The van der Waals surface area contributed by atoms with Crippen LogP contribution < -0.4 is 10.6 Å². The molecular weight excluding hydrogens is 413 g/mol. The number of anilines is 2. The second kappa shape index (κ2) is 8.46. The van der Waals surface area contributed by atoms with Gasteiger partial charge in [-0.2, -0.15) is 5.10 Å². The van der Waals surface area contributed by atoms with Gasteiger partial charge >= 0.3 is 0 Å². The number of furan rings is 1. The van der Waals surface area contributed by atoms with Crippen molar-refractivity contribution in [3.05, 3.63) is 89.0 Å². The van der Waals surface area contributed by atoms with E-state index in [9.17, 15) is 14.0 Å². The number of aryl methyl sites for hydroxylation is 3. The van der Waals surface area contributed by atoms with E-state index in [1.807, 2.05) is 19.9 Å². The van der Waals surface area contributed by atoms with Gasteiger partial charge < -0.3 is 15.1 Å². The van der Waals surface area contributed by atoms with E-state index in [2.05, 4.69) is 20.7 Å². The average Bonchev–Trinajstić information content (AvgIpc) is 3.34. The van der Waals surface area contributed by atoms with Gasteiger partial charge in [0, 0.05) is 17.6 Å². The summed E-state index contributed by atoms with van der Waals surface area (Å²) < 4.78 is 21.0. The normalized spacial score (nSPS) is 10.8. The number of nitrogens with zero attached hydrogens (tertiary/aromatic N) is 3. The molecule has 0 radical (unpaired) electrons. The Bertz CT molecular complexity index is 1310. The van der Waals surface area contributed by atoms with Crippen LogP contribution in [0.3, 0.4) is 0 Å². The zero-order valence-electron chi connectivity index (χ0n) is 17.6. The molecule has 3 aromatic heterocycles. The summed E-state index contributed by atoms with van der Waals surface area (Å²) in [5.74, 6) is -0.555. The number of aromatic nitrogens is 3. The van der Waals surface area contributed by atoms with Gasteiger partial charge in [0.25, 0.3) is 11.8 Å². The second-order valence-corrected chi connectivity index (χ2v) is 7.24. The Morgan fingerprint density at radius 1 is 1.00 bits per heavy atom. The number of pyridine rings is 1. The molecule has 0 atom stereocenters. The molecule has 0 aliphatic rings. The molecule has 2 amide bonds. The zero-order chi connectivity index (χ0) is 22.8. The van der Waals surface area contributed by atoms with Crippen LogP contribution in [0.15, 0.2) is 59.3 Å². The van der Waals surface area contributed by atoms with Gasteiger partial charge in [0.15, 0.2) is 5.82 Å². The fraction of sp³-hybridized carbons (Fsp3) is 0.130. The summed E-state index contributed by atoms with van der Waals surface area (Å²) in [5.41, 5.74) is 2.67. The number of carbonyl (C=O) groups excluding carboxylic acids is 2. The molecule has 162 valence electrons. The van der Waals surface area contributed by atoms with Crippen LogP contribution in [0, 0.1) is 26.6 Å². The number of amides is 2. The lowest BCUT2D eigenvalue weighted by atomic mass is 10.2. The molecule has 0 aliphatic carbocycles. The SMILES string of the molecule is Cc1cc(C)n(-c2ccc(C(=O)Nc3ccc(F)c(NC(=O)c4ccoc4C)c3)cn2)n1. The standard InChI is InChI=1S/C23H20FN5O3/c1-13-10-14(2)29(28-13)21-7-4-16(12-25-21)22(30)26-17-5-6-19(24)20(11-17)27-23(31)18-8-9-32-15(18)3/h4-12H,1-3H3,(H,26,30)(H,27,31). The first-order valence-corrected chi connectivity index (χ1v) is 9.78. The van der Waals surface area contributed by atoms with Gasteiger partial charge in [0.1, 0.15) is 11.6 Å². The summed E-state index contributed by atoms with van der Waals surface area (Å²) in [6, 6.07) is 10.7. The first-order chi connectivity index (χ1) is 15.3. The predicted octanol–water partition coefficient (Wildman–Crippen LogP) is 4.43. The van der Waals surface area contributed by atoms with Gasteiger partial charge in [-0.15, -0.1) is 0 Å². The Labute approximate surface area is 183 Å². The van der Waals surface area contributed by atoms with Crippen LogP contribution in [-0.4, -0.2) is 26.6 Å². The highest BCUT2D eigenvalue weighted by Gasteiger charge is 2.15. The summed E-state index contributed by atoms with van der Waals surface area (Å²) in [6.07, 6.45) is 2.82. The third-order valence-corrected chi connectivity index (χ3v) is 4.81. The molecule has 1 aromatic carbocycles. The Kier molecular flexibility index (Phi) is 5.55. The van der Waals surface area contributed by atoms with E-state index < -0.39 is 17.6 Å². The van der Waals surface area contributed by atoms with E-state index in [-0.39, 0.29) is 5.69 Å². The molecule has 0 aliphatic heterocycles. The maximum atomic E-state index is 14.2. The summed E-state index contributed by atoms with van der Waals surface area (Å²) in [5, 5.41) is 9.54. The molecule has 0 saturated carbocycles. The number of benzene rings is 1. The van der Waals surface area contributed by atoms with Gasteiger partial charge in [-0.25, -0.2) is 14.1 Å². The van der Waals surface area contributed by atoms with Crippen molar-refractivity contribution < 1.29 is 18.4 Å². The van der Waals surface area contributed by atoms with Crippen LogP contribution in [0.2, 0.25) is 0 Å². The quantitative estimate of drug-likeness (QED) is 0.485. The van der Waals surface area contributed by atoms with E-state index in [1.165, 1.54) is 30.7 Å². The lowest BCUT2D eigenvalue weighted by molar-refractivity contribution is 0.101. The lowest BCUT2D eigenvalue weighted by Crippen LogP contribution is -2.15. The molecule has 3 heterocycles. The third-order valence-electron chi connectivity index (χ3n) is 4.81. The number of rotatable bonds is 5. The monoisotopic (exact) mass is 433 g/mol. The molecule has 2 N–H and O–H groups in total. The van der Waals surface area contributed by atoms with E-state index in [0.717, 1.165) is 17.5 Å². The third kappa shape index (κ3) is 4.27. The minimum Gasteiger partial charge on any atom is -0.469 e. The van der Waals surface area contributed by atoms with Crippen LogP contribution >= 0.6 is 0 Å². The Hall–Kier alpha value is -4.27. The highest BCUT2D eigenvalue weighted by Crippen LogP contribution is 2.22. The van der Waals surface area contributed by atoms with Crippen molar-refractivity contribution in [2.24, 2.45) is 0 Å². The number of nitrogens with one attached hydrogen (secondary N) is 2. The summed E-state index contributed by atoms with van der Waals surface area (Å²) in [4.78, 5) is 29.3. The van der Waals surface area contributed by atoms with Crippen LogP contribution in [0.4, 0.5) is 15.8 Å². The molecule has 4 rings (SSSR count). The maximum Gasteiger partial charge on any atom is 0.259 e. The topological polar surface area (TPSA) is 102 Å². The van der Waals surface area contributed by atoms with Gasteiger partial charge in [-0.1, -0.05) is 0 Å². The summed E-state index contributed by atoms with van der Waals surface area (Å²) >= 11 is 0. The average molecular weight is 433 g/mol. The van der Waals surface area contributed by atoms with Crippen molar-refractivity contribution in [1.82, 2.24) is 14.8 Å². The first kappa shape index (κ1) is 21.0. The molecule has 4 aromatic rings. The summed E-state index contributed by atoms with van der Waals surface area (Å²) in [7, 11) is 0. The molecule has 0 bridgehead atoms. The molecule has 0 saturated heterocycles. The molecule has 8 nitrogen and oxygen atoms in total. The Balaban J connectivity index is 1.48. The fourth-order valence-corrected chi connectivity index (χ4v) is 3.22. The zero-order valence-corrected chi connectivity index (χ0v) is 17.6. The van der Waals surface area contributed by atoms with E-state index in [1.54, 1.807) is 23.7 Å². The van der Waals surface area contributed by atoms with Crippen molar-refractivity contribution in [1.29, 1.82) is 0 Å². The molecule has 32 heavy (non-hydrogen) atoms. The number of hydrogen-bond acceptors (Lipinski definition) is 5. The van der Waals surface area contributed by atoms with Crippen molar-refractivity contribution in [2.75, 3.05) is 10.6 Å². The molecule has 9 heteroatoms. The van der Waals surface area contributed by atoms with Gasteiger partial charge in [-0.3, -0.25) is 9.59 Å². The van der Waals surface area contributed by atoms with E-state index >= 15 is 0 Å². The molecule has 0 spiro atoms. The van der Waals surface area contributed by atoms with E-state index in [0.29, 0.717) is 28.4 Å². The highest BCUT2D eigenvalue weighted by atomic mass is 19.1. The van der Waals surface area contributed by atoms with Gasteiger partial charge in [0.2, 0.25) is 0 Å².